The van der Waals surface area contributed by atoms with Crippen LogP contribution >= 0.6 is 0 Å². The number of aryl methyl sites for hydroxylation is 2. The molecule has 0 spiro atoms. The topological polar surface area (TPSA) is 32.3 Å². The van der Waals surface area contributed by atoms with Gasteiger partial charge in [-0.15, -0.1) is 0 Å². The molecule has 0 aliphatic heterocycles. The van der Waals surface area contributed by atoms with E-state index in [1.165, 1.54) is 31.2 Å². The first-order chi connectivity index (χ1) is 9.06. The van der Waals surface area contributed by atoms with Crippen LogP contribution in [0, 0.1) is 25.7 Å². The molecule has 106 valence electrons. The van der Waals surface area contributed by atoms with Crippen molar-refractivity contribution in [1.82, 2.24) is 5.32 Å². The van der Waals surface area contributed by atoms with Gasteiger partial charge in [0.15, 0.2) is 0 Å². The van der Waals surface area contributed by atoms with E-state index in [1.54, 1.807) is 0 Å². The predicted octanol–water partition coefficient (Wildman–Crippen LogP) is 3.92. The molecule has 0 radical (unpaired) electrons. The van der Waals surface area contributed by atoms with Crippen LogP contribution in [0.5, 0.6) is 5.75 Å². The monoisotopic (exact) mass is 261 g/mol. The molecule has 0 heterocycles. The van der Waals surface area contributed by atoms with Crippen LogP contribution in [0.25, 0.3) is 0 Å². The number of hydrogen-bond acceptors (Lipinski definition) is 2. The van der Waals surface area contributed by atoms with Crippen molar-refractivity contribution in [2.45, 2.75) is 53.0 Å². The van der Waals surface area contributed by atoms with E-state index in [2.05, 4.69) is 24.4 Å². The van der Waals surface area contributed by atoms with Gasteiger partial charge in [0.05, 0.1) is 0 Å². The fourth-order valence-electron chi connectivity index (χ4n) is 3.10. The highest BCUT2D eigenvalue weighted by molar-refractivity contribution is 5.42. The fourth-order valence-corrected chi connectivity index (χ4v) is 3.10. The quantitative estimate of drug-likeness (QED) is 0.861. The molecule has 0 saturated heterocycles. The molecule has 1 aliphatic carbocycles. The molecule has 2 rings (SSSR count). The predicted molar refractivity (Wildman–Crippen MR) is 80.4 cm³/mol. The summed E-state index contributed by atoms with van der Waals surface area (Å²) < 4.78 is 0. The van der Waals surface area contributed by atoms with Crippen molar-refractivity contribution in [3.8, 4) is 5.75 Å². The third-order valence-corrected chi connectivity index (χ3v) is 4.45. The molecule has 0 atom stereocenters. The first kappa shape index (κ1) is 14.4. The second kappa shape index (κ2) is 6.42. The first-order valence-corrected chi connectivity index (χ1v) is 7.56. The van der Waals surface area contributed by atoms with Gasteiger partial charge in [-0.05, 0) is 61.8 Å². The summed E-state index contributed by atoms with van der Waals surface area (Å²) in [5.74, 6) is 2.22. The molecule has 0 unspecified atom stereocenters. The first-order valence-electron chi connectivity index (χ1n) is 7.56. The summed E-state index contributed by atoms with van der Waals surface area (Å²) in [6.45, 7) is 8.34. The molecule has 1 aromatic rings. The Morgan fingerprint density at radius 3 is 2.26 bits per heavy atom. The van der Waals surface area contributed by atoms with Gasteiger partial charge in [0.1, 0.15) is 5.75 Å². The molecular formula is C17H27NO. The van der Waals surface area contributed by atoms with Crippen LogP contribution in [0.4, 0.5) is 0 Å². The van der Waals surface area contributed by atoms with Crippen molar-refractivity contribution < 1.29 is 5.11 Å². The Morgan fingerprint density at radius 2 is 1.68 bits per heavy atom. The van der Waals surface area contributed by atoms with Crippen molar-refractivity contribution in [2.75, 3.05) is 6.54 Å². The Kier molecular flexibility index (Phi) is 4.87. The summed E-state index contributed by atoms with van der Waals surface area (Å²) in [6, 6.07) is 4.16. The van der Waals surface area contributed by atoms with Crippen molar-refractivity contribution in [3.05, 3.63) is 28.8 Å². The van der Waals surface area contributed by atoms with E-state index in [-0.39, 0.29) is 0 Å². The second-order valence-corrected chi connectivity index (χ2v) is 6.34. The minimum Gasteiger partial charge on any atom is -0.507 e. The van der Waals surface area contributed by atoms with E-state index < -0.39 is 0 Å². The van der Waals surface area contributed by atoms with Gasteiger partial charge < -0.3 is 10.4 Å². The maximum atomic E-state index is 9.76. The van der Waals surface area contributed by atoms with Crippen molar-refractivity contribution in [3.63, 3.8) is 0 Å². The van der Waals surface area contributed by atoms with Gasteiger partial charge in [0.25, 0.3) is 0 Å². The highest BCUT2D eigenvalue weighted by atomic mass is 16.3. The lowest BCUT2D eigenvalue weighted by molar-refractivity contribution is 0.281. The van der Waals surface area contributed by atoms with E-state index in [9.17, 15) is 5.11 Å². The third kappa shape index (κ3) is 3.97. The summed E-state index contributed by atoms with van der Waals surface area (Å²) >= 11 is 0. The van der Waals surface area contributed by atoms with E-state index in [1.807, 2.05) is 13.8 Å². The van der Waals surface area contributed by atoms with Crippen molar-refractivity contribution in [2.24, 2.45) is 11.8 Å². The standard InChI is InChI=1S/C17H27NO/c1-12-4-6-15(7-5-12)10-18-11-16-8-13(2)17(19)14(3)9-16/h8-9,12,15,18-19H,4-7,10-11H2,1-3H3. The van der Waals surface area contributed by atoms with Crippen molar-refractivity contribution in [1.29, 1.82) is 0 Å². The molecule has 0 bridgehead atoms. The molecule has 2 heteroatoms. The lowest BCUT2D eigenvalue weighted by atomic mass is 9.83. The van der Waals surface area contributed by atoms with E-state index in [4.69, 9.17) is 0 Å². The number of rotatable bonds is 4. The van der Waals surface area contributed by atoms with Crippen LogP contribution in [0.1, 0.15) is 49.3 Å². The van der Waals surface area contributed by atoms with Gasteiger partial charge in [0.2, 0.25) is 0 Å². The van der Waals surface area contributed by atoms with Gasteiger partial charge in [-0.25, -0.2) is 0 Å². The van der Waals surface area contributed by atoms with Crippen LogP contribution < -0.4 is 5.32 Å². The van der Waals surface area contributed by atoms with Gasteiger partial charge in [0, 0.05) is 6.54 Å². The van der Waals surface area contributed by atoms with Crippen LogP contribution in [0.2, 0.25) is 0 Å². The summed E-state index contributed by atoms with van der Waals surface area (Å²) in [5, 5.41) is 13.3. The van der Waals surface area contributed by atoms with Crippen LogP contribution in [-0.4, -0.2) is 11.7 Å². The van der Waals surface area contributed by atoms with Gasteiger partial charge >= 0.3 is 0 Å². The van der Waals surface area contributed by atoms with E-state index >= 15 is 0 Å². The van der Waals surface area contributed by atoms with Crippen LogP contribution in [0.3, 0.4) is 0 Å². The Labute approximate surface area is 117 Å². The molecule has 2 N–H and O–H groups in total. The highest BCUT2D eigenvalue weighted by Gasteiger charge is 2.17. The van der Waals surface area contributed by atoms with Crippen LogP contribution in [0.15, 0.2) is 12.1 Å². The minimum absolute atomic E-state index is 0.435. The smallest absolute Gasteiger partial charge is 0.121 e. The molecule has 2 nitrogen and oxygen atoms in total. The third-order valence-electron chi connectivity index (χ3n) is 4.45. The number of phenolic OH excluding ortho intramolecular Hbond substituents is 1. The maximum Gasteiger partial charge on any atom is 0.121 e. The molecule has 1 fully saturated rings. The number of nitrogens with one attached hydrogen (secondary N) is 1. The maximum absolute atomic E-state index is 9.76. The zero-order chi connectivity index (χ0) is 13.8. The largest absolute Gasteiger partial charge is 0.507 e. The Balaban J connectivity index is 1.79. The zero-order valence-corrected chi connectivity index (χ0v) is 12.5. The summed E-state index contributed by atoms with van der Waals surface area (Å²) in [7, 11) is 0. The Bertz CT molecular complexity index is 396. The number of hydrogen-bond donors (Lipinski definition) is 2. The summed E-state index contributed by atoms with van der Waals surface area (Å²) in [5.41, 5.74) is 3.23. The van der Waals surface area contributed by atoms with E-state index in [0.29, 0.717) is 5.75 Å². The van der Waals surface area contributed by atoms with Crippen molar-refractivity contribution >= 4 is 0 Å². The van der Waals surface area contributed by atoms with Gasteiger partial charge in [-0.3, -0.25) is 0 Å². The molecule has 19 heavy (non-hydrogen) atoms. The van der Waals surface area contributed by atoms with Crippen LogP contribution in [-0.2, 0) is 6.54 Å². The Hall–Kier alpha value is -1.02. The number of phenols is 1. The SMILES string of the molecule is Cc1cc(CNCC2CCC(C)CC2)cc(C)c1O. The lowest BCUT2D eigenvalue weighted by Gasteiger charge is -2.26. The Morgan fingerprint density at radius 1 is 1.11 bits per heavy atom. The molecule has 0 aromatic heterocycles. The number of aromatic hydroxyl groups is 1. The molecule has 0 amide bonds. The van der Waals surface area contributed by atoms with Gasteiger partial charge in [-0.1, -0.05) is 31.9 Å². The number of benzene rings is 1. The van der Waals surface area contributed by atoms with Gasteiger partial charge in [-0.2, -0.15) is 0 Å². The summed E-state index contributed by atoms with van der Waals surface area (Å²) in [6.07, 6.45) is 5.54. The average molecular weight is 261 g/mol. The zero-order valence-electron chi connectivity index (χ0n) is 12.5. The normalized spacial score (nSPS) is 23.5. The average Bonchev–Trinajstić information content (AvgIpc) is 2.38. The summed E-state index contributed by atoms with van der Waals surface area (Å²) in [4.78, 5) is 0. The van der Waals surface area contributed by atoms with E-state index in [0.717, 1.165) is 36.1 Å². The lowest BCUT2D eigenvalue weighted by Crippen LogP contribution is -2.25. The molecular weight excluding hydrogens is 234 g/mol. The molecule has 1 saturated carbocycles. The second-order valence-electron chi connectivity index (χ2n) is 6.34. The fraction of sp³-hybridized carbons (Fsp3) is 0.647. The highest BCUT2D eigenvalue weighted by Crippen LogP contribution is 2.28. The minimum atomic E-state index is 0.435. The molecule has 1 aliphatic rings. The molecule has 1 aromatic carbocycles.